The highest BCUT2D eigenvalue weighted by atomic mass is 127. The first kappa shape index (κ1) is 31.1. The van der Waals surface area contributed by atoms with Crippen LogP contribution in [0.25, 0.3) is 28.0 Å². The third-order valence-corrected chi connectivity index (χ3v) is 14.7. The molecule has 3 aromatic heterocycles. The topological polar surface area (TPSA) is 87.9 Å². The molecule has 1 N–H and O–H groups in total. The van der Waals surface area contributed by atoms with Gasteiger partial charge >= 0.3 is 0 Å². The van der Waals surface area contributed by atoms with Crippen LogP contribution in [0.1, 0.15) is 59.9 Å². The molecule has 40 heavy (non-hydrogen) atoms. The number of aromatic nitrogens is 4. The van der Waals surface area contributed by atoms with Crippen molar-refractivity contribution in [2.75, 3.05) is 0 Å². The predicted octanol–water partition coefficient (Wildman–Crippen LogP) is 7.66. The van der Waals surface area contributed by atoms with Crippen molar-refractivity contribution in [3.63, 3.8) is 0 Å². The van der Waals surface area contributed by atoms with Crippen molar-refractivity contribution in [3.05, 3.63) is 72.2 Å². The Balaban J connectivity index is 1.57. The van der Waals surface area contributed by atoms with Crippen LogP contribution in [0.2, 0.25) is 18.1 Å². The van der Waals surface area contributed by atoms with Gasteiger partial charge in [-0.1, -0.05) is 67.6 Å². The van der Waals surface area contributed by atoms with Crippen LogP contribution in [-0.2, 0) is 25.9 Å². The Morgan fingerprint density at radius 1 is 0.975 bits per heavy atom. The van der Waals surface area contributed by atoms with Crippen molar-refractivity contribution in [1.29, 1.82) is 0 Å². The molecular weight excluding hydrogens is 649 g/mol. The van der Waals surface area contributed by atoms with Crippen LogP contribution in [-0.4, -0.2) is 37.4 Å². The molecule has 0 radical (unpaired) electrons. The lowest BCUT2D eigenvalue weighted by atomic mass is 10.1. The van der Waals surface area contributed by atoms with Crippen molar-refractivity contribution < 1.29 is 8.98 Å². The highest BCUT2D eigenvalue weighted by Gasteiger charge is 2.37. The SMILES string of the molecule is CC(I)(N[S+]([O-])C(C)(C)C)c1cccc(-c2ccc3cn(-c4cccc(CO[Si](C)(C)C(C)(C)C)n4)nc3c2)n1. The lowest BCUT2D eigenvalue weighted by Gasteiger charge is -2.36. The van der Waals surface area contributed by atoms with E-state index in [4.69, 9.17) is 19.5 Å². The smallest absolute Gasteiger partial charge is 0.192 e. The van der Waals surface area contributed by atoms with Crippen molar-refractivity contribution in [1.82, 2.24) is 24.5 Å². The third-order valence-electron chi connectivity index (χ3n) is 7.29. The maximum atomic E-state index is 12.8. The number of nitrogens with zero attached hydrogens (tertiary/aromatic N) is 4. The number of hydrogen-bond acceptors (Lipinski definition) is 6. The molecule has 214 valence electrons. The average Bonchev–Trinajstić information content (AvgIpc) is 3.30. The minimum Gasteiger partial charge on any atom is -0.598 e. The Morgan fingerprint density at radius 3 is 2.35 bits per heavy atom. The fourth-order valence-electron chi connectivity index (χ4n) is 3.68. The van der Waals surface area contributed by atoms with E-state index in [1.165, 1.54) is 0 Å². The molecule has 7 nitrogen and oxygen atoms in total. The summed E-state index contributed by atoms with van der Waals surface area (Å²) in [4.78, 5) is 9.76. The predicted molar refractivity (Wildman–Crippen MR) is 176 cm³/mol. The molecule has 3 heterocycles. The zero-order chi connectivity index (χ0) is 29.5. The van der Waals surface area contributed by atoms with Gasteiger partial charge in [-0.05, 0) is 76.2 Å². The molecule has 0 spiro atoms. The highest BCUT2D eigenvalue weighted by Crippen LogP contribution is 2.37. The van der Waals surface area contributed by atoms with E-state index in [9.17, 15) is 4.55 Å². The molecule has 0 aliphatic heterocycles. The molecule has 0 fully saturated rings. The molecule has 4 aromatic rings. The number of alkyl halides is 1. The van der Waals surface area contributed by atoms with E-state index in [2.05, 4.69) is 73.3 Å². The van der Waals surface area contributed by atoms with Gasteiger partial charge in [-0.2, -0.15) is 5.10 Å². The largest absolute Gasteiger partial charge is 0.598 e. The van der Waals surface area contributed by atoms with Gasteiger partial charge in [-0.15, -0.1) is 4.72 Å². The average molecular weight is 690 g/mol. The van der Waals surface area contributed by atoms with Crippen LogP contribution in [0.15, 0.2) is 60.8 Å². The second kappa shape index (κ2) is 11.4. The second-order valence-corrected chi connectivity index (χ2v) is 21.7. The summed E-state index contributed by atoms with van der Waals surface area (Å²) in [7, 11) is -1.87. The lowest BCUT2D eigenvalue weighted by Crippen LogP contribution is -2.47. The molecule has 1 aromatic carbocycles. The van der Waals surface area contributed by atoms with Crippen molar-refractivity contribution in [2.45, 2.75) is 81.5 Å². The second-order valence-electron chi connectivity index (χ2n) is 12.8. The van der Waals surface area contributed by atoms with Gasteiger partial charge in [0.05, 0.1) is 29.2 Å². The first-order valence-electron chi connectivity index (χ1n) is 13.4. The van der Waals surface area contributed by atoms with Gasteiger partial charge < -0.3 is 8.98 Å². The Morgan fingerprint density at radius 2 is 1.68 bits per heavy atom. The molecule has 10 heteroatoms. The summed E-state index contributed by atoms with van der Waals surface area (Å²) in [5.41, 5.74) is 4.37. The fourth-order valence-corrected chi connectivity index (χ4v) is 6.28. The van der Waals surface area contributed by atoms with E-state index in [1.807, 2.05) is 81.0 Å². The van der Waals surface area contributed by atoms with Crippen LogP contribution in [0, 0.1) is 0 Å². The van der Waals surface area contributed by atoms with E-state index < -0.39 is 23.2 Å². The van der Waals surface area contributed by atoms with Gasteiger partial charge in [0.15, 0.2) is 17.7 Å². The summed E-state index contributed by atoms with van der Waals surface area (Å²) in [6.07, 6.45) is 2.00. The minimum atomic E-state index is -1.87. The monoisotopic (exact) mass is 689 g/mol. The summed E-state index contributed by atoms with van der Waals surface area (Å²) in [6, 6.07) is 18.1. The van der Waals surface area contributed by atoms with Crippen molar-refractivity contribution >= 4 is 53.2 Å². The van der Waals surface area contributed by atoms with E-state index in [0.717, 1.165) is 39.4 Å². The Bertz CT molecular complexity index is 1490. The Kier molecular flexibility index (Phi) is 8.90. The number of nitrogens with one attached hydrogen (secondary N) is 1. The van der Waals surface area contributed by atoms with Gasteiger partial charge in [0.2, 0.25) is 0 Å². The maximum absolute atomic E-state index is 12.8. The molecule has 0 saturated carbocycles. The zero-order valence-electron chi connectivity index (χ0n) is 24.9. The number of fused-ring (bicyclic) bond motifs is 1. The molecule has 2 unspecified atom stereocenters. The highest BCUT2D eigenvalue weighted by molar-refractivity contribution is 14.1. The van der Waals surface area contributed by atoms with E-state index in [0.29, 0.717) is 6.61 Å². The maximum Gasteiger partial charge on any atom is 0.192 e. The number of rotatable bonds is 8. The molecule has 4 rings (SSSR count). The normalized spacial score (nSPS) is 15.3. The summed E-state index contributed by atoms with van der Waals surface area (Å²) < 4.78 is 23.2. The van der Waals surface area contributed by atoms with Crippen LogP contribution >= 0.6 is 22.6 Å². The van der Waals surface area contributed by atoms with E-state index >= 15 is 0 Å². The van der Waals surface area contributed by atoms with Crippen LogP contribution in [0.4, 0.5) is 0 Å². The van der Waals surface area contributed by atoms with Gasteiger partial charge in [-0.25, -0.2) is 14.6 Å². The number of hydrogen-bond donors (Lipinski definition) is 1. The molecule has 0 amide bonds. The standard InChI is InChI=1S/C30H40IN5O2SSi/c1-28(2,3)39(37)35-30(7,31)26-14-11-13-24(33-26)21-16-17-22-19-36(34-25(22)18-21)27-15-10-12-23(32-27)20-38-40(8,9)29(4,5)6/h10-19,35H,20H2,1-9H3. The third kappa shape index (κ3) is 7.14. The first-order chi connectivity index (χ1) is 18.5. The number of benzene rings is 1. The summed E-state index contributed by atoms with van der Waals surface area (Å²) >= 11 is 1.05. The zero-order valence-corrected chi connectivity index (χ0v) is 28.8. The van der Waals surface area contributed by atoms with Gasteiger partial charge in [0, 0.05) is 28.5 Å². The Labute approximate surface area is 256 Å². The lowest BCUT2D eigenvalue weighted by molar-refractivity contribution is 0.272. The van der Waals surface area contributed by atoms with Crippen molar-refractivity contribution in [3.8, 4) is 17.1 Å². The molecular formula is C30H40IN5O2SSi. The van der Waals surface area contributed by atoms with Gasteiger partial charge in [0.1, 0.15) is 4.75 Å². The van der Waals surface area contributed by atoms with Gasteiger partial charge in [0.25, 0.3) is 0 Å². The van der Waals surface area contributed by atoms with Crippen LogP contribution in [0.5, 0.6) is 0 Å². The minimum absolute atomic E-state index is 0.146. The van der Waals surface area contributed by atoms with E-state index in [-0.39, 0.29) is 9.79 Å². The first-order valence-corrected chi connectivity index (χ1v) is 18.6. The fraction of sp³-hybridized carbons (Fsp3) is 0.433. The van der Waals surface area contributed by atoms with Crippen LogP contribution in [0.3, 0.4) is 0 Å². The molecule has 0 aliphatic carbocycles. The summed E-state index contributed by atoms with van der Waals surface area (Å²) in [6.45, 7) is 19.6. The quantitative estimate of drug-likeness (QED) is 0.0672. The van der Waals surface area contributed by atoms with Crippen LogP contribution < -0.4 is 4.72 Å². The van der Waals surface area contributed by atoms with E-state index in [1.54, 1.807) is 0 Å². The number of pyridine rings is 2. The molecule has 0 bridgehead atoms. The van der Waals surface area contributed by atoms with Gasteiger partial charge in [-0.3, -0.25) is 0 Å². The number of halogens is 1. The summed E-state index contributed by atoms with van der Waals surface area (Å²) in [5, 5.41) is 6.00. The molecule has 2 atom stereocenters. The summed E-state index contributed by atoms with van der Waals surface area (Å²) in [5.74, 6) is 0.757. The molecule has 0 aliphatic rings. The Hall–Kier alpha value is -1.83. The van der Waals surface area contributed by atoms with Crippen molar-refractivity contribution in [2.24, 2.45) is 0 Å². The molecule has 0 saturated heterocycles.